The zero-order valence-corrected chi connectivity index (χ0v) is 21.9. The summed E-state index contributed by atoms with van der Waals surface area (Å²) in [5.41, 5.74) is 2.10. The number of nitrogens with one attached hydrogen (secondary N) is 1. The molecule has 0 spiro atoms. The van der Waals surface area contributed by atoms with Gasteiger partial charge in [-0.25, -0.2) is 9.48 Å². The summed E-state index contributed by atoms with van der Waals surface area (Å²) in [4.78, 5) is 41.7. The number of rotatable bonds is 9. The van der Waals surface area contributed by atoms with E-state index in [1.54, 1.807) is 36.4 Å². The van der Waals surface area contributed by atoms with E-state index in [1.165, 1.54) is 16.7 Å². The summed E-state index contributed by atoms with van der Waals surface area (Å²) < 4.78 is 6.40. The lowest BCUT2D eigenvalue weighted by atomic mass is 9.98. The van der Waals surface area contributed by atoms with E-state index in [0.717, 1.165) is 0 Å². The average molecular weight is 514 g/mol. The summed E-state index contributed by atoms with van der Waals surface area (Å²) in [6.07, 6.45) is 0.691. The van der Waals surface area contributed by atoms with Crippen LogP contribution >= 0.6 is 0 Å². The molecule has 2 amide bonds. The molecule has 4 rings (SSSR count). The third-order valence-electron chi connectivity index (χ3n) is 6.49. The van der Waals surface area contributed by atoms with Crippen LogP contribution < -0.4 is 10.2 Å². The van der Waals surface area contributed by atoms with Gasteiger partial charge < -0.3 is 10.1 Å². The third kappa shape index (κ3) is 5.72. The van der Waals surface area contributed by atoms with Crippen LogP contribution in [0.3, 0.4) is 0 Å². The van der Waals surface area contributed by atoms with Crippen molar-refractivity contribution in [2.75, 3.05) is 12.0 Å². The van der Waals surface area contributed by atoms with Crippen molar-refractivity contribution in [2.45, 2.75) is 45.3 Å². The van der Waals surface area contributed by atoms with Gasteiger partial charge in [-0.1, -0.05) is 60.7 Å². The number of carbonyl (C=O) groups excluding carboxylic acids is 3. The monoisotopic (exact) mass is 513 g/mol. The van der Waals surface area contributed by atoms with Crippen molar-refractivity contribution in [2.24, 2.45) is 0 Å². The smallest absolute Gasteiger partial charge is 0.337 e. The standard InChI is InChI=1S/C29H31N5O4/c1-5-29(2,3)30-27(36)26(20-12-7-6-8-13-20)34(22-15-11-14-21(18-22)28(37)38-4)25(35)19-33-24-17-10-9-16-23(24)31-32-33/h6-18,26H,5,19H2,1-4H3,(H,30,36). The molecule has 1 atom stereocenters. The maximum atomic E-state index is 14.1. The Morgan fingerprint density at radius 2 is 1.71 bits per heavy atom. The summed E-state index contributed by atoms with van der Waals surface area (Å²) in [6.45, 7) is 5.67. The minimum Gasteiger partial charge on any atom is -0.465 e. The molecule has 9 nitrogen and oxygen atoms in total. The summed E-state index contributed by atoms with van der Waals surface area (Å²) in [5.74, 6) is -1.29. The molecular formula is C29H31N5O4. The highest BCUT2D eigenvalue weighted by Crippen LogP contribution is 2.30. The first-order chi connectivity index (χ1) is 18.2. The van der Waals surface area contributed by atoms with E-state index in [1.807, 2.05) is 63.2 Å². The van der Waals surface area contributed by atoms with Crippen LogP contribution in [-0.4, -0.2) is 45.4 Å². The Balaban J connectivity index is 1.84. The van der Waals surface area contributed by atoms with E-state index in [0.29, 0.717) is 28.7 Å². The number of carbonyl (C=O) groups is 3. The second-order valence-electron chi connectivity index (χ2n) is 9.58. The molecule has 1 aromatic heterocycles. The molecule has 196 valence electrons. The van der Waals surface area contributed by atoms with Crippen LogP contribution in [-0.2, 0) is 20.9 Å². The van der Waals surface area contributed by atoms with Gasteiger partial charge in [-0.3, -0.25) is 14.5 Å². The second-order valence-corrected chi connectivity index (χ2v) is 9.58. The Morgan fingerprint density at radius 1 is 1.00 bits per heavy atom. The average Bonchev–Trinajstić information content (AvgIpc) is 3.33. The van der Waals surface area contributed by atoms with E-state index in [4.69, 9.17) is 4.74 Å². The van der Waals surface area contributed by atoms with E-state index in [9.17, 15) is 14.4 Å². The van der Waals surface area contributed by atoms with Crippen molar-refractivity contribution in [1.82, 2.24) is 20.3 Å². The number of aromatic nitrogens is 3. The molecular weight excluding hydrogens is 482 g/mol. The van der Waals surface area contributed by atoms with E-state index in [2.05, 4.69) is 15.6 Å². The number of ether oxygens (including phenoxy) is 1. The quantitative estimate of drug-likeness (QED) is 0.335. The molecule has 0 saturated carbocycles. The predicted molar refractivity (Wildman–Crippen MR) is 144 cm³/mol. The lowest BCUT2D eigenvalue weighted by molar-refractivity contribution is -0.128. The van der Waals surface area contributed by atoms with Crippen LogP contribution in [0, 0.1) is 0 Å². The number of fused-ring (bicyclic) bond motifs is 1. The molecule has 0 aliphatic carbocycles. The van der Waals surface area contributed by atoms with Crippen LogP contribution in [0.1, 0.15) is 49.2 Å². The Labute approximate surface area is 221 Å². The fraction of sp³-hybridized carbons (Fsp3) is 0.276. The third-order valence-corrected chi connectivity index (χ3v) is 6.49. The van der Waals surface area contributed by atoms with Gasteiger partial charge in [0.25, 0.3) is 0 Å². The number of amides is 2. The first kappa shape index (κ1) is 26.5. The van der Waals surface area contributed by atoms with E-state index in [-0.39, 0.29) is 18.0 Å². The van der Waals surface area contributed by atoms with E-state index < -0.39 is 23.5 Å². The van der Waals surface area contributed by atoms with Crippen molar-refractivity contribution in [3.05, 3.63) is 90.0 Å². The molecule has 0 radical (unpaired) electrons. The van der Waals surface area contributed by atoms with Crippen LogP contribution in [0.5, 0.6) is 0 Å². The number of hydrogen-bond donors (Lipinski definition) is 1. The van der Waals surface area contributed by atoms with Gasteiger partial charge in [-0.15, -0.1) is 5.10 Å². The largest absolute Gasteiger partial charge is 0.465 e. The van der Waals surface area contributed by atoms with Gasteiger partial charge in [-0.2, -0.15) is 0 Å². The molecule has 1 N–H and O–H groups in total. The Kier molecular flexibility index (Phi) is 7.85. The number of esters is 1. The molecule has 38 heavy (non-hydrogen) atoms. The highest BCUT2D eigenvalue weighted by atomic mass is 16.5. The van der Waals surface area contributed by atoms with Crippen molar-refractivity contribution < 1.29 is 19.1 Å². The molecule has 0 bridgehead atoms. The topological polar surface area (TPSA) is 106 Å². The molecule has 0 aliphatic rings. The summed E-state index contributed by atoms with van der Waals surface area (Å²) in [7, 11) is 1.29. The summed E-state index contributed by atoms with van der Waals surface area (Å²) >= 11 is 0. The van der Waals surface area contributed by atoms with Crippen LogP contribution in [0.4, 0.5) is 5.69 Å². The molecule has 1 unspecified atom stereocenters. The molecule has 0 aliphatic heterocycles. The first-order valence-corrected chi connectivity index (χ1v) is 12.4. The van der Waals surface area contributed by atoms with Crippen molar-refractivity contribution >= 4 is 34.5 Å². The zero-order chi connectivity index (χ0) is 27.3. The minimum atomic E-state index is -1.02. The molecule has 4 aromatic rings. The Hall–Kier alpha value is -4.53. The number of methoxy groups -OCH3 is 1. The lowest BCUT2D eigenvalue weighted by Crippen LogP contribution is -2.51. The number of para-hydroxylation sites is 1. The molecule has 3 aromatic carbocycles. The van der Waals surface area contributed by atoms with E-state index >= 15 is 0 Å². The zero-order valence-electron chi connectivity index (χ0n) is 21.9. The number of anilines is 1. The fourth-order valence-electron chi connectivity index (χ4n) is 4.12. The maximum Gasteiger partial charge on any atom is 0.337 e. The SMILES string of the molecule is CCC(C)(C)NC(=O)C(c1ccccc1)N(C(=O)Cn1nnc2ccccc21)c1cccc(C(=O)OC)c1. The van der Waals surface area contributed by atoms with Gasteiger partial charge in [0.15, 0.2) is 0 Å². The number of benzene rings is 3. The van der Waals surface area contributed by atoms with Gasteiger partial charge in [0.2, 0.25) is 11.8 Å². The number of hydrogen-bond acceptors (Lipinski definition) is 6. The van der Waals surface area contributed by atoms with Crippen LogP contribution in [0.15, 0.2) is 78.9 Å². The molecule has 0 fully saturated rings. The lowest BCUT2D eigenvalue weighted by Gasteiger charge is -2.34. The second kappa shape index (κ2) is 11.2. The number of nitrogens with zero attached hydrogens (tertiary/aromatic N) is 4. The van der Waals surface area contributed by atoms with Gasteiger partial charge in [-0.05, 0) is 56.2 Å². The predicted octanol–water partition coefficient (Wildman–Crippen LogP) is 4.30. The van der Waals surface area contributed by atoms with Gasteiger partial charge in [0.1, 0.15) is 18.1 Å². The molecule has 9 heteroatoms. The Morgan fingerprint density at radius 3 is 2.42 bits per heavy atom. The highest BCUT2D eigenvalue weighted by Gasteiger charge is 2.35. The summed E-state index contributed by atoms with van der Waals surface area (Å²) in [6, 6.07) is 21.9. The van der Waals surface area contributed by atoms with Gasteiger partial charge in [0.05, 0.1) is 18.2 Å². The van der Waals surface area contributed by atoms with Gasteiger partial charge >= 0.3 is 5.97 Å². The first-order valence-electron chi connectivity index (χ1n) is 12.4. The Bertz CT molecular complexity index is 1450. The van der Waals surface area contributed by atoms with Crippen LogP contribution in [0.25, 0.3) is 11.0 Å². The van der Waals surface area contributed by atoms with Crippen molar-refractivity contribution in [3.8, 4) is 0 Å². The highest BCUT2D eigenvalue weighted by molar-refractivity contribution is 6.02. The normalized spacial score (nSPS) is 12.1. The molecule has 1 heterocycles. The van der Waals surface area contributed by atoms with Crippen molar-refractivity contribution in [3.63, 3.8) is 0 Å². The minimum absolute atomic E-state index is 0.170. The summed E-state index contributed by atoms with van der Waals surface area (Å²) in [5, 5.41) is 11.4. The van der Waals surface area contributed by atoms with Gasteiger partial charge in [0, 0.05) is 11.2 Å². The van der Waals surface area contributed by atoms with Crippen molar-refractivity contribution in [1.29, 1.82) is 0 Å². The van der Waals surface area contributed by atoms with Crippen LogP contribution in [0.2, 0.25) is 0 Å². The fourth-order valence-corrected chi connectivity index (χ4v) is 4.12. The maximum absolute atomic E-state index is 14.1. The molecule has 0 saturated heterocycles.